The van der Waals surface area contributed by atoms with E-state index >= 15 is 0 Å². The van der Waals surface area contributed by atoms with E-state index in [1.54, 1.807) is 6.21 Å². The minimum Gasteiger partial charge on any atom is -0.361 e. The summed E-state index contributed by atoms with van der Waals surface area (Å²) < 4.78 is 0. The lowest BCUT2D eigenvalue weighted by atomic mass is 10.2. The van der Waals surface area contributed by atoms with Crippen molar-refractivity contribution in [2.75, 3.05) is 6.54 Å². The highest BCUT2D eigenvalue weighted by molar-refractivity contribution is 7.80. The molecule has 0 saturated heterocycles. The van der Waals surface area contributed by atoms with Gasteiger partial charge in [0.05, 0.1) is 6.21 Å². The topological polar surface area (TPSA) is 36.4 Å². The van der Waals surface area contributed by atoms with Crippen LogP contribution in [0.5, 0.6) is 0 Å². The molecule has 16 heavy (non-hydrogen) atoms. The van der Waals surface area contributed by atoms with Crippen LogP contribution in [-0.2, 0) is 0 Å². The van der Waals surface area contributed by atoms with Crippen molar-refractivity contribution in [2.24, 2.45) is 5.10 Å². The first kappa shape index (κ1) is 12.6. The van der Waals surface area contributed by atoms with E-state index in [1.165, 1.54) is 0 Å². The summed E-state index contributed by atoms with van der Waals surface area (Å²) in [5, 5.41) is 7.69. The number of nitrogens with zero attached hydrogens (tertiary/aromatic N) is 1. The van der Waals surface area contributed by atoms with Crippen LogP contribution in [0.4, 0.5) is 0 Å². The molecule has 86 valence electrons. The summed E-state index contributed by atoms with van der Waals surface area (Å²) in [5.41, 5.74) is 3.83. The first-order valence-corrected chi connectivity index (χ1v) is 5.85. The summed E-state index contributed by atoms with van der Waals surface area (Å²) in [6, 6.07) is 9.89. The molecule has 0 fully saturated rings. The highest BCUT2D eigenvalue weighted by Crippen LogP contribution is 1.93. The van der Waals surface area contributed by atoms with Crippen molar-refractivity contribution in [3.63, 3.8) is 0 Å². The molecule has 0 bridgehead atoms. The highest BCUT2D eigenvalue weighted by atomic mass is 32.1. The van der Waals surface area contributed by atoms with Crippen molar-refractivity contribution >= 4 is 23.5 Å². The van der Waals surface area contributed by atoms with Gasteiger partial charge in [0.25, 0.3) is 0 Å². The second-order valence-corrected chi connectivity index (χ2v) is 3.80. The Morgan fingerprint density at radius 1 is 1.38 bits per heavy atom. The zero-order chi connectivity index (χ0) is 11.6. The molecule has 1 aromatic rings. The fourth-order valence-corrected chi connectivity index (χ4v) is 1.28. The van der Waals surface area contributed by atoms with Gasteiger partial charge in [-0.25, -0.2) is 0 Å². The van der Waals surface area contributed by atoms with Gasteiger partial charge < -0.3 is 5.32 Å². The smallest absolute Gasteiger partial charge is 0.186 e. The monoisotopic (exact) mass is 235 g/mol. The first-order valence-electron chi connectivity index (χ1n) is 5.45. The molecule has 0 aliphatic rings. The van der Waals surface area contributed by atoms with Gasteiger partial charge in [0, 0.05) is 6.54 Å². The van der Waals surface area contributed by atoms with Crippen LogP contribution in [0.25, 0.3) is 0 Å². The van der Waals surface area contributed by atoms with Gasteiger partial charge in [0.15, 0.2) is 5.11 Å². The predicted molar refractivity (Wildman–Crippen MR) is 72.7 cm³/mol. The van der Waals surface area contributed by atoms with Crippen molar-refractivity contribution in [3.8, 4) is 0 Å². The summed E-state index contributed by atoms with van der Waals surface area (Å²) >= 11 is 5.05. The molecule has 1 rings (SSSR count). The molecule has 0 aliphatic carbocycles. The molecule has 0 aromatic heterocycles. The zero-order valence-corrected chi connectivity index (χ0v) is 10.3. The molecule has 0 atom stereocenters. The minimum atomic E-state index is 0.570. The molecule has 3 nitrogen and oxygen atoms in total. The van der Waals surface area contributed by atoms with Crippen molar-refractivity contribution in [2.45, 2.75) is 19.8 Å². The maximum absolute atomic E-state index is 5.05. The van der Waals surface area contributed by atoms with Crippen LogP contribution in [0.15, 0.2) is 35.4 Å². The Balaban J connectivity index is 2.24. The number of unbranched alkanes of at least 4 members (excludes halogenated alkanes) is 1. The van der Waals surface area contributed by atoms with Gasteiger partial charge in [0.1, 0.15) is 0 Å². The number of hydrogen-bond acceptors (Lipinski definition) is 2. The molecule has 2 N–H and O–H groups in total. The van der Waals surface area contributed by atoms with Gasteiger partial charge in [-0.15, -0.1) is 0 Å². The Kier molecular flexibility index (Phi) is 6.18. The fourth-order valence-electron chi connectivity index (χ4n) is 1.12. The third kappa shape index (κ3) is 5.46. The van der Waals surface area contributed by atoms with E-state index in [0.717, 1.165) is 24.9 Å². The average molecular weight is 235 g/mol. The molecule has 0 heterocycles. The van der Waals surface area contributed by atoms with Crippen molar-refractivity contribution < 1.29 is 0 Å². The number of hydrazone groups is 1. The third-order valence-corrected chi connectivity index (χ3v) is 2.23. The lowest BCUT2D eigenvalue weighted by molar-refractivity contribution is 0.745. The fraction of sp³-hybridized carbons (Fsp3) is 0.333. The summed E-state index contributed by atoms with van der Waals surface area (Å²) in [7, 11) is 0. The Bertz CT molecular complexity index is 335. The maximum atomic E-state index is 5.05. The van der Waals surface area contributed by atoms with Crippen LogP contribution >= 0.6 is 12.2 Å². The highest BCUT2D eigenvalue weighted by Gasteiger charge is 1.90. The number of rotatable bonds is 5. The van der Waals surface area contributed by atoms with Gasteiger partial charge in [0.2, 0.25) is 0 Å². The summed E-state index contributed by atoms with van der Waals surface area (Å²) in [4.78, 5) is 0. The number of benzene rings is 1. The van der Waals surface area contributed by atoms with Gasteiger partial charge in [-0.3, -0.25) is 5.43 Å². The second-order valence-electron chi connectivity index (χ2n) is 3.39. The minimum absolute atomic E-state index is 0.570. The van der Waals surface area contributed by atoms with Gasteiger partial charge >= 0.3 is 0 Å². The predicted octanol–water partition coefficient (Wildman–Crippen LogP) is 2.28. The number of thiocarbonyl (C=S) groups is 1. The molecular formula is C12H17N3S. The van der Waals surface area contributed by atoms with Crippen LogP contribution in [0.2, 0.25) is 0 Å². The largest absolute Gasteiger partial charge is 0.361 e. The number of hydrogen-bond donors (Lipinski definition) is 2. The molecule has 4 heteroatoms. The quantitative estimate of drug-likeness (QED) is 0.356. The molecule has 0 saturated carbocycles. The lowest BCUT2D eigenvalue weighted by Gasteiger charge is -2.05. The average Bonchev–Trinajstić information content (AvgIpc) is 2.31. The third-order valence-electron chi connectivity index (χ3n) is 2.00. The van der Waals surface area contributed by atoms with Crippen molar-refractivity contribution in [1.82, 2.24) is 10.7 Å². The Morgan fingerprint density at radius 3 is 2.81 bits per heavy atom. The normalized spacial score (nSPS) is 10.3. The van der Waals surface area contributed by atoms with E-state index in [2.05, 4.69) is 22.8 Å². The van der Waals surface area contributed by atoms with E-state index < -0.39 is 0 Å². The van der Waals surface area contributed by atoms with E-state index in [9.17, 15) is 0 Å². The molecular weight excluding hydrogens is 218 g/mol. The van der Waals surface area contributed by atoms with Gasteiger partial charge in [-0.1, -0.05) is 43.7 Å². The van der Waals surface area contributed by atoms with Crippen LogP contribution in [0, 0.1) is 0 Å². The van der Waals surface area contributed by atoms with Gasteiger partial charge in [-0.05, 0) is 24.2 Å². The Labute approximate surface area is 102 Å². The van der Waals surface area contributed by atoms with Crippen molar-refractivity contribution in [3.05, 3.63) is 35.9 Å². The zero-order valence-electron chi connectivity index (χ0n) is 9.44. The Morgan fingerprint density at radius 2 is 2.12 bits per heavy atom. The standard InChI is InChI=1S/C12H17N3S/c1-2-3-9-13-12(16)15-14-10-11-7-5-4-6-8-11/h4-8,10H,2-3,9H2,1H3,(H2,13,15,16)/b14-10-. The molecule has 0 spiro atoms. The maximum Gasteiger partial charge on any atom is 0.186 e. The van der Waals surface area contributed by atoms with Crippen LogP contribution in [0.1, 0.15) is 25.3 Å². The summed E-state index contributed by atoms with van der Waals surface area (Å²) in [5.74, 6) is 0. The molecule has 0 radical (unpaired) electrons. The SMILES string of the molecule is CCCCNC(=S)N/N=C\c1ccccc1. The molecule has 0 unspecified atom stereocenters. The summed E-state index contributed by atoms with van der Waals surface area (Å²) in [6.07, 6.45) is 4.01. The van der Waals surface area contributed by atoms with E-state index in [4.69, 9.17) is 12.2 Å². The van der Waals surface area contributed by atoms with Crippen LogP contribution in [-0.4, -0.2) is 17.9 Å². The second kappa shape index (κ2) is 7.82. The van der Waals surface area contributed by atoms with E-state index in [-0.39, 0.29) is 0 Å². The lowest BCUT2D eigenvalue weighted by Crippen LogP contribution is -2.32. The van der Waals surface area contributed by atoms with Crippen molar-refractivity contribution in [1.29, 1.82) is 0 Å². The summed E-state index contributed by atoms with van der Waals surface area (Å²) in [6.45, 7) is 3.04. The first-order chi connectivity index (χ1) is 7.83. The van der Waals surface area contributed by atoms with Crippen LogP contribution in [0.3, 0.4) is 0 Å². The van der Waals surface area contributed by atoms with E-state index in [0.29, 0.717) is 5.11 Å². The van der Waals surface area contributed by atoms with Gasteiger partial charge in [-0.2, -0.15) is 5.10 Å². The molecule has 0 amide bonds. The molecule has 1 aromatic carbocycles. The van der Waals surface area contributed by atoms with Crippen LogP contribution < -0.4 is 10.7 Å². The Hall–Kier alpha value is -1.42. The number of nitrogens with one attached hydrogen (secondary N) is 2. The van der Waals surface area contributed by atoms with E-state index in [1.807, 2.05) is 30.3 Å². The molecule has 0 aliphatic heterocycles.